The molecule has 0 radical (unpaired) electrons. The second kappa shape index (κ2) is 6.79. The van der Waals surface area contributed by atoms with Crippen molar-refractivity contribution in [1.82, 2.24) is 14.8 Å². The van der Waals surface area contributed by atoms with Crippen molar-refractivity contribution in [2.24, 2.45) is 0 Å². The van der Waals surface area contributed by atoms with E-state index in [0.717, 1.165) is 63.2 Å². The lowest BCUT2D eigenvalue weighted by atomic mass is 9.99. The Kier molecular flexibility index (Phi) is 4.80. The Morgan fingerprint density at radius 1 is 1.29 bits per heavy atom. The molecule has 0 amide bonds. The summed E-state index contributed by atoms with van der Waals surface area (Å²) in [4.78, 5) is 14.2. The molecular weight excluding hydrogens is 288 g/mol. The molecule has 0 aromatic carbocycles. The van der Waals surface area contributed by atoms with Crippen LogP contribution in [-0.2, 0) is 16.1 Å². The average Bonchev–Trinajstić information content (AvgIpc) is 2.93. The van der Waals surface area contributed by atoms with Crippen molar-refractivity contribution < 1.29 is 9.53 Å². The highest BCUT2D eigenvalue weighted by Crippen LogP contribution is 2.32. The van der Waals surface area contributed by atoms with Gasteiger partial charge in [0.1, 0.15) is 5.78 Å². The predicted molar refractivity (Wildman–Crippen MR) is 81.8 cm³/mol. The largest absolute Gasteiger partial charge is 0.378 e. The summed E-state index contributed by atoms with van der Waals surface area (Å²) < 4.78 is 7.51. The van der Waals surface area contributed by atoms with Crippen molar-refractivity contribution in [3.05, 3.63) is 0 Å². The van der Waals surface area contributed by atoms with Gasteiger partial charge in [-0.25, -0.2) is 0 Å². The fourth-order valence-electron chi connectivity index (χ4n) is 2.85. The highest BCUT2D eigenvalue weighted by molar-refractivity contribution is 8.00. The van der Waals surface area contributed by atoms with E-state index in [0.29, 0.717) is 12.2 Å². The first-order chi connectivity index (χ1) is 10.3. The van der Waals surface area contributed by atoms with E-state index < -0.39 is 0 Å². The minimum Gasteiger partial charge on any atom is -0.378 e. The van der Waals surface area contributed by atoms with Crippen LogP contribution in [0.2, 0.25) is 0 Å². The molecule has 1 atom stereocenters. The lowest BCUT2D eigenvalue weighted by Gasteiger charge is -2.27. The zero-order valence-electron chi connectivity index (χ0n) is 12.5. The van der Waals surface area contributed by atoms with E-state index in [1.807, 2.05) is 0 Å². The Bertz CT molecular complexity index is 499. The quantitative estimate of drug-likeness (QED) is 0.844. The van der Waals surface area contributed by atoms with Crippen molar-refractivity contribution in [2.45, 2.75) is 49.6 Å². The van der Waals surface area contributed by atoms with Gasteiger partial charge in [0.15, 0.2) is 5.16 Å². The number of aromatic nitrogens is 3. The van der Waals surface area contributed by atoms with Crippen LogP contribution in [0.1, 0.15) is 32.6 Å². The van der Waals surface area contributed by atoms with Gasteiger partial charge in [0, 0.05) is 26.1 Å². The molecule has 1 aliphatic heterocycles. The number of Topliss-reactive ketones (excluding diaryl/α,β-unsaturated/α-hetero) is 1. The van der Waals surface area contributed by atoms with Crippen LogP contribution in [-0.4, -0.2) is 52.1 Å². The SMILES string of the molecule is CCn1c(SC2CCCCC2=O)nnc1N1CCOCC1. The molecule has 2 heterocycles. The number of ketones is 1. The molecule has 21 heavy (non-hydrogen) atoms. The van der Waals surface area contributed by atoms with Crippen molar-refractivity contribution in [3.8, 4) is 0 Å². The van der Waals surface area contributed by atoms with Gasteiger partial charge in [-0.15, -0.1) is 10.2 Å². The van der Waals surface area contributed by atoms with Crippen LogP contribution in [0.25, 0.3) is 0 Å². The van der Waals surface area contributed by atoms with Crippen LogP contribution in [0, 0.1) is 0 Å². The molecule has 3 rings (SSSR count). The van der Waals surface area contributed by atoms with E-state index in [1.165, 1.54) is 0 Å². The third-order valence-electron chi connectivity index (χ3n) is 4.05. The molecule has 116 valence electrons. The summed E-state index contributed by atoms with van der Waals surface area (Å²) >= 11 is 1.59. The number of rotatable bonds is 4. The molecule has 0 spiro atoms. The van der Waals surface area contributed by atoms with Gasteiger partial charge >= 0.3 is 0 Å². The monoisotopic (exact) mass is 310 g/mol. The van der Waals surface area contributed by atoms with Gasteiger partial charge in [-0.2, -0.15) is 0 Å². The maximum atomic E-state index is 12.0. The highest BCUT2D eigenvalue weighted by atomic mass is 32.2. The fraction of sp³-hybridized carbons (Fsp3) is 0.786. The van der Waals surface area contributed by atoms with Crippen LogP contribution in [0.5, 0.6) is 0 Å². The summed E-state index contributed by atoms with van der Waals surface area (Å²) in [7, 11) is 0. The molecule has 2 aliphatic rings. The van der Waals surface area contributed by atoms with Gasteiger partial charge in [-0.1, -0.05) is 18.2 Å². The molecule has 0 bridgehead atoms. The Labute approximate surface area is 129 Å². The Balaban J connectivity index is 1.76. The summed E-state index contributed by atoms with van der Waals surface area (Å²) in [5.41, 5.74) is 0. The van der Waals surface area contributed by atoms with Crippen molar-refractivity contribution >= 4 is 23.5 Å². The second-order valence-corrected chi connectivity index (χ2v) is 6.61. The van der Waals surface area contributed by atoms with E-state index in [1.54, 1.807) is 11.8 Å². The number of nitrogens with zero attached hydrogens (tertiary/aromatic N) is 4. The lowest BCUT2D eigenvalue weighted by Crippen LogP contribution is -2.38. The molecule has 1 saturated heterocycles. The Morgan fingerprint density at radius 3 is 2.81 bits per heavy atom. The topological polar surface area (TPSA) is 60.2 Å². The summed E-state index contributed by atoms with van der Waals surface area (Å²) in [6.45, 7) is 6.10. The number of carbonyl (C=O) groups is 1. The zero-order valence-corrected chi connectivity index (χ0v) is 13.3. The molecule has 1 aliphatic carbocycles. The summed E-state index contributed by atoms with van der Waals surface area (Å²) in [6.07, 6.45) is 3.86. The molecule has 1 aromatic rings. The van der Waals surface area contributed by atoms with Crippen LogP contribution < -0.4 is 4.90 Å². The lowest BCUT2D eigenvalue weighted by molar-refractivity contribution is -0.119. The van der Waals surface area contributed by atoms with Crippen molar-refractivity contribution in [2.75, 3.05) is 31.2 Å². The van der Waals surface area contributed by atoms with E-state index in [9.17, 15) is 4.79 Å². The van der Waals surface area contributed by atoms with Gasteiger partial charge in [0.25, 0.3) is 0 Å². The van der Waals surface area contributed by atoms with Crippen molar-refractivity contribution in [3.63, 3.8) is 0 Å². The number of anilines is 1. The first kappa shape index (κ1) is 14.8. The number of hydrogen-bond donors (Lipinski definition) is 0. The van der Waals surface area contributed by atoms with Gasteiger partial charge in [-0.3, -0.25) is 9.36 Å². The molecular formula is C14H22N4O2S. The third kappa shape index (κ3) is 3.23. The first-order valence-electron chi connectivity index (χ1n) is 7.75. The number of morpholine rings is 1. The predicted octanol–water partition coefficient (Wildman–Crippen LogP) is 1.74. The molecule has 1 aromatic heterocycles. The van der Waals surface area contributed by atoms with Gasteiger partial charge in [0.05, 0.1) is 18.5 Å². The Hall–Kier alpha value is -1.08. The molecule has 0 N–H and O–H groups in total. The standard InChI is InChI=1S/C14H22N4O2S/c1-2-18-13(17-7-9-20-10-8-17)15-16-14(18)21-12-6-4-3-5-11(12)19/h12H,2-10H2,1H3. The average molecular weight is 310 g/mol. The molecule has 1 unspecified atom stereocenters. The minimum atomic E-state index is 0.0609. The van der Waals surface area contributed by atoms with E-state index >= 15 is 0 Å². The maximum Gasteiger partial charge on any atom is 0.228 e. The maximum absolute atomic E-state index is 12.0. The van der Waals surface area contributed by atoms with Gasteiger partial charge in [-0.05, 0) is 19.8 Å². The van der Waals surface area contributed by atoms with Crippen molar-refractivity contribution in [1.29, 1.82) is 0 Å². The summed E-state index contributed by atoms with van der Waals surface area (Å²) in [6, 6.07) is 0. The molecule has 2 fully saturated rings. The van der Waals surface area contributed by atoms with E-state index in [-0.39, 0.29) is 5.25 Å². The second-order valence-electron chi connectivity index (χ2n) is 5.44. The fourth-order valence-corrected chi connectivity index (χ4v) is 4.06. The minimum absolute atomic E-state index is 0.0609. The highest BCUT2D eigenvalue weighted by Gasteiger charge is 2.27. The van der Waals surface area contributed by atoms with Crippen LogP contribution in [0.3, 0.4) is 0 Å². The van der Waals surface area contributed by atoms with Gasteiger partial charge < -0.3 is 9.64 Å². The summed E-state index contributed by atoms with van der Waals surface area (Å²) in [5, 5.41) is 9.62. The number of thioether (sulfide) groups is 1. The number of ether oxygens (including phenoxy) is 1. The summed E-state index contributed by atoms with van der Waals surface area (Å²) in [5.74, 6) is 1.27. The Morgan fingerprint density at radius 2 is 2.10 bits per heavy atom. The smallest absolute Gasteiger partial charge is 0.228 e. The van der Waals surface area contributed by atoms with Crippen LogP contribution in [0.4, 0.5) is 5.95 Å². The zero-order chi connectivity index (χ0) is 14.7. The normalized spacial score (nSPS) is 23.6. The van der Waals surface area contributed by atoms with Crippen LogP contribution >= 0.6 is 11.8 Å². The molecule has 6 nitrogen and oxygen atoms in total. The first-order valence-corrected chi connectivity index (χ1v) is 8.63. The number of carbonyl (C=O) groups excluding carboxylic acids is 1. The third-order valence-corrected chi connectivity index (χ3v) is 5.35. The van der Waals surface area contributed by atoms with E-state index in [4.69, 9.17) is 4.74 Å². The molecule has 1 saturated carbocycles. The van der Waals surface area contributed by atoms with E-state index in [2.05, 4.69) is 26.6 Å². The molecule has 7 heteroatoms. The van der Waals surface area contributed by atoms with Gasteiger partial charge in [0.2, 0.25) is 5.95 Å². The van der Waals surface area contributed by atoms with Crippen LogP contribution in [0.15, 0.2) is 5.16 Å². The number of hydrogen-bond acceptors (Lipinski definition) is 6.